The third-order valence-electron chi connectivity index (χ3n) is 5.09. The Morgan fingerprint density at radius 2 is 1.96 bits per heavy atom. The molecule has 1 amide bonds. The van der Waals surface area contributed by atoms with Crippen LogP contribution in [0, 0.1) is 0 Å². The molecule has 0 N–H and O–H groups in total. The van der Waals surface area contributed by atoms with Gasteiger partial charge in [-0.05, 0) is 35.1 Å². The van der Waals surface area contributed by atoms with E-state index in [4.69, 9.17) is 4.42 Å². The zero-order chi connectivity index (χ0) is 18.8. The van der Waals surface area contributed by atoms with Crippen LogP contribution < -0.4 is 5.63 Å². The quantitative estimate of drug-likeness (QED) is 0.649. The van der Waals surface area contributed by atoms with Gasteiger partial charge in [0.15, 0.2) is 0 Å². The second-order valence-electron chi connectivity index (χ2n) is 6.82. The van der Waals surface area contributed by atoms with Gasteiger partial charge in [-0.2, -0.15) is 0 Å². The molecule has 1 saturated heterocycles. The lowest BCUT2D eigenvalue weighted by Gasteiger charge is -2.34. The molecule has 1 aliphatic heterocycles. The van der Waals surface area contributed by atoms with Crippen LogP contribution >= 0.6 is 11.3 Å². The molecule has 1 fully saturated rings. The van der Waals surface area contributed by atoms with Gasteiger partial charge in [-0.1, -0.05) is 25.1 Å². The molecule has 2 aromatic heterocycles. The zero-order valence-corrected chi connectivity index (χ0v) is 16.1. The number of fused-ring (bicyclic) bond motifs is 1. The fourth-order valence-corrected chi connectivity index (χ4v) is 4.22. The Hall–Kier alpha value is -2.44. The number of rotatable bonds is 4. The second-order valence-corrected chi connectivity index (χ2v) is 7.77. The number of hydrogen-bond donors (Lipinski definition) is 0. The molecule has 0 saturated carbocycles. The number of aryl methyl sites for hydroxylation is 1. The molecule has 4 rings (SSSR count). The lowest BCUT2D eigenvalue weighted by atomic mass is 10.1. The highest BCUT2D eigenvalue weighted by Gasteiger charge is 2.23. The minimum atomic E-state index is -0.308. The minimum absolute atomic E-state index is 0.113. The van der Waals surface area contributed by atoms with Crippen LogP contribution in [0.25, 0.3) is 11.0 Å². The summed E-state index contributed by atoms with van der Waals surface area (Å²) in [6.07, 6.45) is 0.907. The number of amides is 1. The summed E-state index contributed by atoms with van der Waals surface area (Å²) >= 11 is 1.48. The van der Waals surface area contributed by atoms with Gasteiger partial charge >= 0.3 is 5.63 Å². The van der Waals surface area contributed by atoms with Crippen LogP contribution in [0.5, 0.6) is 0 Å². The van der Waals surface area contributed by atoms with Crippen molar-refractivity contribution in [2.75, 3.05) is 26.2 Å². The summed E-state index contributed by atoms with van der Waals surface area (Å²) < 4.78 is 5.40. The molecule has 140 valence electrons. The first-order chi connectivity index (χ1) is 13.1. The van der Waals surface area contributed by atoms with Gasteiger partial charge in [0.05, 0.1) is 4.88 Å². The molecule has 0 atom stereocenters. The fourth-order valence-electron chi connectivity index (χ4n) is 3.53. The van der Waals surface area contributed by atoms with Crippen LogP contribution in [0.4, 0.5) is 0 Å². The molecule has 27 heavy (non-hydrogen) atoms. The molecule has 0 bridgehead atoms. The Morgan fingerprint density at radius 3 is 2.67 bits per heavy atom. The first-order valence-corrected chi connectivity index (χ1v) is 10.1. The Labute approximate surface area is 161 Å². The highest BCUT2D eigenvalue weighted by molar-refractivity contribution is 7.12. The highest BCUT2D eigenvalue weighted by Crippen LogP contribution is 2.21. The first-order valence-electron chi connectivity index (χ1n) is 9.25. The van der Waals surface area contributed by atoms with Crippen LogP contribution in [-0.2, 0) is 13.0 Å². The van der Waals surface area contributed by atoms with E-state index >= 15 is 0 Å². The summed E-state index contributed by atoms with van der Waals surface area (Å²) in [7, 11) is 0. The Kier molecular flexibility index (Phi) is 5.09. The maximum atomic E-state index is 12.5. The second kappa shape index (κ2) is 7.66. The molecular weight excluding hydrogens is 360 g/mol. The van der Waals surface area contributed by atoms with Crippen LogP contribution in [0.1, 0.15) is 27.7 Å². The molecule has 0 radical (unpaired) electrons. The van der Waals surface area contributed by atoms with Gasteiger partial charge in [-0.3, -0.25) is 9.69 Å². The Balaban J connectivity index is 1.47. The lowest BCUT2D eigenvalue weighted by Crippen LogP contribution is -2.48. The molecule has 3 aromatic rings. The summed E-state index contributed by atoms with van der Waals surface area (Å²) in [5.74, 6) is 0.113. The third-order valence-corrected chi connectivity index (χ3v) is 5.95. The van der Waals surface area contributed by atoms with E-state index in [1.54, 1.807) is 6.07 Å². The zero-order valence-electron chi connectivity index (χ0n) is 15.3. The molecule has 0 unspecified atom stereocenters. The van der Waals surface area contributed by atoms with Crippen LogP contribution in [0.15, 0.2) is 51.0 Å². The van der Waals surface area contributed by atoms with Crippen LogP contribution in [0.2, 0.25) is 0 Å². The van der Waals surface area contributed by atoms with Crippen molar-refractivity contribution in [3.63, 3.8) is 0 Å². The number of carbonyl (C=O) groups is 1. The van der Waals surface area contributed by atoms with Crippen molar-refractivity contribution in [1.29, 1.82) is 0 Å². The van der Waals surface area contributed by atoms with E-state index < -0.39 is 0 Å². The van der Waals surface area contributed by atoms with Crippen LogP contribution in [-0.4, -0.2) is 41.9 Å². The largest absolute Gasteiger partial charge is 0.423 e. The van der Waals surface area contributed by atoms with E-state index in [0.29, 0.717) is 25.2 Å². The molecule has 6 heteroatoms. The van der Waals surface area contributed by atoms with Gasteiger partial charge in [0.25, 0.3) is 5.91 Å². The molecule has 1 aromatic carbocycles. The summed E-state index contributed by atoms with van der Waals surface area (Å²) in [5.41, 5.74) is 2.49. The van der Waals surface area contributed by atoms with Crippen molar-refractivity contribution >= 4 is 28.2 Å². The monoisotopic (exact) mass is 382 g/mol. The number of hydrogen-bond acceptors (Lipinski definition) is 5. The van der Waals surface area contributed by atoms with Gasteiger partial charge in [-0.15, -0.1) is 11.3 Å². The van der Waals surface area contributed by atoms with E-state index in [2.05, 4.69) is 17.9 Å². The SMILES string of the molecule is CCc1ccc2c(CN3CCN(C(=O)c4cccs4)CC3)cc(=O)oc2c1. The average molecular weight is 382 g/mol. The lowest BCUT2D eigenvalue weighted by molar-refractivity contribution is 0.0633. The number of piperazine rings is 1. The normalized spacial score (nSPS) is 15.4. The summed E-state index contributed by atoms with van der Waals surface area (Å²) in [6.45, 7) is 5.78. The first kappa shape index (κ1) is 17.9. The molecular formula is C21H22N2O3S. The summed E-state index contributed by atoms with van der Waals surface area (Å²) in [6, 6.07) is 11.5. The van der Waals surface area contributed by atoms with Gasteiger partial charge < -0.3 is 9.32 Å². The van der Waals surface area contributed by atoms with Crippen molar-refractivity contribution < 1.29 is 9.21 Å². The summed E-state index contributed by atoms with van der Waals surface area (Å²) in [4.78, 5) is 29.4. The predicted octanol–water partition coefficient (Wildman–Crippen LogP) is 3.37. The number of thiophene rings is 1. The number of benzene rings is 1. The van der Waals surface area contributed by atoms with Crippen molar-refractivity contribution in [3.05, 3.63) is 68.2 Å². The Bertz CT molecular complexity index is 1000. The maximum Gasteiger partial charge on any atom is 0.336 e. The standard InChI is InChI=1S/C21H22N2O3S/c1-2-15-5-6-17-16(13-20(24)26-18(17)12-15)14-22-7-9-23(10-8-22)21(25)19-4-3-11-27-19/h3-6,11-13H,2,7-10,14H2,1H3. The van der Waals surface area contributed by atoms with Crippen LogP contribution in [0.3, 0.4) is 0 Å². The minimum Gasteiger partial charge on any atom is -0.423 e. The molecule has 0 aliphatic carbocycles. The van der Waals surface area contributed by atoms with Crippen molar-refractivity contribution in [2.24, 2.45) is 0 Å². The smallest absolute Gasteiger partial charge is 0.336 e. The van der Waals surface area contributed by atoms with Gasteiger partial charge in [0.1, 0.15) is 5.58 Å². The third kappa shape index (κ3) is 3.82. The molecule has 1 aliphatic rings. The number of carbonyl (C=O) groups excluding carboxylic acids is 1. The summed E-state index contributed by atoms with van der Waals surface area (Å²) in [5, 5.41) is 2.92. The fraction of sp³-hybridized carbons (Fsp3) is 0.333. The van der Waals surface area contributed by atoms with Crippen molar-refractivity contribution in [3.8, 4) is 0 Å². The van der Waals surface area contributed by atoms with E-state index in [1.165, 1.54) is 11.3 Å². The average Bonchev–Trinajstić information content (AvgIpc) is 3.22. The maximum absolute atomic E-state index is 12.5. The van der Waals surface area contributed by atoms with Crippen molar-refractivity contribution in [1.82, 2.24) is 9.80 Å². The molecule has 5 nitrogen and oxygen atoms in total. The molecule has 0 spiro atoms. The van der Waals surface area contributed by atoms with Gasteiger partial charge in [0, 0.05) is 44.2 Å². The van der Waals surface area contributed by atoms with E-state index in [9.17, 15) is 9.59 Å². The van der Waals surface area contributed by atoms with Gasteiger partial charge in [-0.25, -0.2) is 4.79 Å². The van der Waals surface area contributed by atoms with E-state index in [-0.39, 0.29) is 11.5 Å². The van der Waals surface area contributed by atoms with E-state index in [0.717, 1.165) is 40.9 Å². The highest BCUT2D eigenvalue weighted by atomic mass is 32.1. The van der Waals surface area contributed by atoms with Crippen molar-refractivity contribution in [2.45, 2.75) is 19.9 Å². The topological polar surface area (TPSA) is 53.8 Å². The molecule has 3 heterocycles. The predicted molar refractivity (Wildman–Crippen MR) is 107 cm³/mol. The van der Waals surface area contributed by atoms with Gasteiger partial charge in [0.2, 0.25) is 0 Å². The number of nitrogens with zero attached hydrogens (tertiary/aromatic N) is 2. The Morgan fingerprint density at radius 1 is 1.15 bits per heavy atom. The van der Waals surface area contributed by atoms with E-state index in [1.807, 2.05) is 34.5 Å².